The summed E-state index contributed by atoms with van der Waals surface area (Å²) in [5.41, 5.74) is 0.476. The van der Waals surface area contributed by atoms with E-state index in [4.69, 9.17) is 21.1 Å². The number of hydrogen-bond acceptors (Lipinski definition) is 6. The van der Waals surface area contributed by atoms with Crippen LogP contribution in [-0.2, 0) is 6.18 Å². The van der Waals surface area contributed by atoms with Crippen LogP contribution in [0.15, 0.2) is 48.7 Å². The van der Waals surface area contributed by atoms with Gasteiger partial charge in [-0.05, 0) is 48.4 Å². The molecule has 0 saturated carbocycles. The molecule has 1 aromatic carbocycles. The van der Waals surface area contributed by atoms with Crippen LogP contribution in [0.4, 0.5) is 13.2 Å². The summed E-state index contributed by atoms with van der Waals surface area (Å²) in [6.07, 6.45) is -1.14. The Hall–Kier alpha value is -3.40. The van der Waals surface area contributed by atoms with Gasteiger partial charge in [-0.25, -0.2) is 4.98 Å². The van der Waals surface area contributed by atoms with Gasteiger partial charge in [-0.3, -0.25) is 0 Å². The lowest BCUT2D eigenvalue weighted by atomic mass is 10.0. The van der Waals surface area contributed by atoms with Gasteiger partial charge in [0.2, 0.25) is 17.0 Å². The minimum atomic E-state index is -4.54. The molecule has 0 aliphatic rings. The minimum Gasteiger partial charge on any atom is -0.478 e. The Balaban J connectivity index is 1.69. The molecule has 0 N–H and O–H groups in total. The molecule has 32 heavy (non-hydrogen) atoms. The Morgan fingerprint density at radius 1 is 1.03 bits per heavy atom. The van der Waals surface area contributed by atoms with Gasteiger partial charge in [0.05, 0.1) is 12.2 Å². The molecule has 4 aromatic rings. The number of benzene rings is 1. The predicted octanol–water partition coefficient (Wildman–Crippen LogP) is 5.83. The summed E-state index contributed by atoms with van der Waals surface area (Å²) in [6, 6.07) is 9.61. The van der Waals surface area contributed by atoms with Gasteiger partial charge in [-0.15, -0.1) is 15.3 Å². The average molecular weight is 464 g/mol. The molecule has 0 amide bonds. The molecule has 0 unspecified atom stereocenters. The Kier molecular flexibility index (Phi) is 6.13. The molecule has 3 heterocycles. The van der Waals surface area contributed by atoms with Crippen molar-refractivity contribution in [3.8, 4) is 28.6 Å². The van der Waals surface area contributed by atoms with E-state index in [1.54, 1.807) is 18.2 Å². The van der Waals surface area contributed by atoms with Crippen molar-refractivity contribution in [1.29, 1.82) is 0 Å². The van der Waals surface area contributed by atoms with Gasteiger partial charge in [0, 0.05) is 29.5 Å². The van der Waals surface area contributed by atoms with Crippen LogP contribution in [-0.4, -0.2) is 31.4 Å². The highest BCUT2D eigenvalue weighted by molar-refractivity contribution is 6.28. The lowest BCUT2D eigenvalue weighted by Crippen LogP contribution is -2.05. The highest BCUT2D eigenvalue weighted by Gasteiger charge is 2.31. The van der Waals surface area contributed by atoms with Crippen LogP contribution >= 0.6 is 11.6 Å². The lowest BCUT2D eigenvalue weighted by molar-refractivity contribution is -0.137. The third kappa shape index (κ3) is 4.75. The second-order valence-corrected chi connectivity index (χ2v) is 7.15. The van der Waals surface area contributed by atoms with Gasteiger partial charge in [-0.1, -0.05) is 13.3 Å². The highest BCUT2D eigenvalue weighted by atomic mass is 35.5. The fraction of sp³-hybridized carbons (Fsp3) is 0.238. The van der Waals surface area contributed by atoms with Gasteiger partial charge in [0.15, 0.2) is 5.65 Å². The molecule has 0 aliphatic heterocycles. The average Bonchev–Trinajstić information content (AvgIpc) is 3.14. The Labute approximate surface area is 185 Å². The van der Waals surface area contributed by atoms with E-state index in [-0.39, 0.29) is 16.9 Å². The molecule has 0 radical (unpaired) electrons. The lowest BCUT2D eigenvalue weighted by Gasteiger charge is -2.14. The number of fused-ring (bicyclic) bond motifs is 1. The van der Waals surface area contributed by atoms with Crippen LogP contribution < -0.4 is 9.47 Å². The van der Waals surface area contributed by atoms with Crippen molar-refractivity contribution in [3.05, 3.63) is 59.5 Å². The summed E-state index contributed by atoms with van der Waals surface area (Å²) in [4.78, 5) is 4.24. The summed E-state index contributed by atoms with van der Waals surface area (Å²) in [6.45, 7) is 2.59. The second kappa shape index (κ2) is 8.99. The molecular weight excluding hydrogens is 447 g/mol. The van der Waals surface area contributed by atoms with Crippen LogP contribution in [0.2, 0.25) is 5.28 Å². The quantitative estimate of drug-likeness (QED) is 0.321. The maximum Gasteiger partial charge on any atom is 0.416 e. The number of ether oxygens (including phenoxy) is 2. The molecule has 0 bridgehead atoms. The van der Waals surface area contributed by atoms with E-state index < -0.39 is 11.7 Å². The molecule has 0 aliphatic carbocycles. The number of halogens is 4. The number of unbranched alkanes of at least 4 members (excludes halogenated alkanes) is 1. The monoisotopic (exact) mass is 463 g/mol. The summed E-state index contributed by atoms with van der Waals surface area (Å²) in [7, 11) is 0. The van der Waals surface area contributed by atoms with E-state index >= 15 is 0 Å². The largest absolute Gasteiger partial charge is 0.478 e. The molecule has 3 aromatic heterocycles. The number of aromatic nitrogens is 5. The van der Waals surface area contributed by atoms with Gasteiger partial charge < -0.3 is 9.47 Å². The zero-order valence-electron chi connectivity index (χ0n) is 16.8. The normalized spacial score (nSPS) is 11.7. The molecular formula is C21H17ClF3N5O2. The van der Waals surface area contributed by atoms with E-state index in [1.807, 2.05) is 0 Å². The third-order valence-corrected chi connectivity index (χ3v) is 4.75. The first-order valence-electron chi connectivity index (χ1n) is 9.71. The molecule has 0 spiro atoms. The van der Waals surface area contributed by atoms with Crippen LogP contribution in [0.1, 0.15) is 25.3 Å². The second-order valence-electron chi connectivity index (χ2n) is 6.81. The van der Waals surface area contributed by atoms with E-state index in [0.29, 0.717) is 29.3 Å². The molecule has 0 atom stereocenters. The topological polar surface area (TPSA) is 74.4 Å². The summed E-state index contributed by atoms with van der Waals surface area (Å²) in [5, 5.41) is 11.6. The van der Waals surface area contributed by atoms with Crippen molar-refractivity contribution in [2.24, 2.45) is 0 Å². The minimum absolute atomic E-state index is 0.00224. The Bertz CT molecular complexity index is 1230. The van der Waals surface area contributed by atoms with Crippen molar-refractivity contribution in [2.75, 3.05) is 6.61 Å². The van der Waals surface area contributed by atoms with Crippen molar-refractivity contribution in [2.45, 2.75) is 25.9 Å². The highest BCUT2D eigenvalue weighted by Crippen LogP contribution is 2.39. The van der Waals surface area contributed by atoms with E-state index in [9.17, 15) is 13.2 Å². The molecule has 4 rings (SSSR count). The Morgan fingerprint density at radius 3 is 2.56 bits per heavy atom. The molecule has 0 saturated heterocycles. The van der Waals surface area contributed by atoms with Gasteiger partial charge in [0.1, 0.15) is 5.75 Å². The van der Waals surface area contributed by atoms with E-state index in [0.717, 1.165) is 25.0 Å². The van der Waals surface area contributed by atoms with Crippen LogP contribution in [0.5, 0.6) is 17.5 Å². The third-order valence-electron chi connectivity index (χ3n) is 4.52. The van der Waals surface area contributed by atoms with E-state index in [2.05, 4.69) is 27.2 Å². The van der Waals surface area contributed by atoms with E-state index in [1.165, 1.54) is 22.8 Å². The SMILES string of the molecule is CCCCOc1ccc(-c2ccc(C(F)(F)F)cc2Oc2ccc3nnc(Cl)n3n2)cn1. The van der Waals surface area contributed by atoms with Crippen molar-refractivity contribution >= 4 is 17.2 Å². The summed E-state index contributed by atoms with van der Waals surface area (Å²) >= 11 is 5.92. The summed E-state index contributed by atoms with van der Waals surface area (Å²) in [5.74, 6) is 0.413. The molecule has 7 nitrogen and oxygen atoms in total. The van der Waals surface area contributed by atoms with Gasteiger partial charge in [-0.2, -0.15) is 17.7 Å². The maximum absolute atomic E-state index is 13.3. The fourth-order valence-electron chi connectivity index (χ4n) is 2.88. The first kappa shape index (κ1) is 21.8. The standard InChI is InChI=1S/C21H17ClF3N5O2/c1-2-3-10-31-18-8-4-13(12-26-18)15-6-5-14(21(23,24)25)11-16(15)32-19-9-7-17-27-28-20(22)30(17)29-19/h4-9,11-12H,2-3,10H2,1H3. The molecule has 0 fully saturated rings. The number of hydrogen-bond donors (Lipinski definition) is 0. The van der Waals surface area contributed by atoms with Gasteiger partial charge in [0.25, 0.3) is 0 Å². The first-order valence-corrected chi connectivity index (χ1v) is 10.1. The molecule has 166 valence electrons. The van der Waals surface area contributed by atoms with Crippen molar-refractivity contribution in [3.63, 3.8) is 0 Å². The van der Waals surface area contributed by atoms with Crippen LogP contribution in [0, 0.1) is 0 Å². The fourth-order valence-corrected chi connectivity index (χ4v) is 3.04. The maximum atomic E-state index is 13.3. The van der Waals surface area contributed by atoms with Crippen molar-refractivity contribution in [1.82, 2.24) is 24.8 Å². The predicted molar refractivity (Wildman–Crippen MR) is 111 cm³/mol. The number of rotatable bonds is 7. The van der Waals surface area contributed by atoms with Crippen molar-refractivity contribution < 1.29 is 22.6 Å². The number of pyridine rings is 1. The van der Waals surface area contributed by atoms with Crippen LogP contribution in [0.3, 0.4) is 0 Å². The number of alkyl halides is 3. The van der Waals surface area contributed by atoms with Crippen LogP contribution in [0.25, 0.3) is 16.8 Å². The Morgan fingerprint density at radius 2 is 1.84 bits per heavy atom. The smallest absolute Gasteiger partial charge is 0.416 e. The summed E-state index contributed by atoms with van der Waals surface area (Å²) < 4.78 is 52.5. The zero-order valence-corrected chi connectivity index (χ0v) is 17.6. The van der Waals surface area contributed by atoms with Gasteiger partial charge >= 0.3 is 6.18 Å². The first-order chi connectivity index (χ1) is 15.3. The number of nitrogens with zero attached hydrogens (tertiary/aromatic N) is 5. The molecule has 11 heteroatoms. The zero-order chi connectivity index (χ0) is 22.7.